The van der Waals surface area contributed by atoms with Gasteiger partial charge in [-0.1, -0.05) is 38.5 Å². The molecule has 154 valence electrons. The predicted octanol–water partition coefficient (Wildman–Crippen LogP) is 4.88. The van der Waals surface area contributed by atoms with Gasteiger partial charge in [0.2, 0.25) is 5.95 Å². The summed E-state index contributed by atoms with van der Waals surface area (Å²) in [6, 6.07) is 5.14. The van der Waals surface area contributed by atoms with Crippen molar-refractivity contribution in [1.82, 2.24) is 9.97 Å². The van der Waals surface area contributed by atoms with Crippen molar-refractivity contribution in [2.75, 3.05) is 25.3 Å². The minimum absolute atomic E-state index is 0.135. The van der Waals surface area contributed by atoms with Crippen molar-refractivity contribution in [2.24, 2.45) is 0 Å². The van der Waals surface area contributed by atoms with Crippen LogP contribution in [-0.2, 0) is 0 Å². The van der Waals surface area contributed by atoms with Gasteiger partial charge in [-0.15, -0.1) is 11.3 Å². The molecule has 7 nitrogen and oxygen atoms in total. The average Bonchev–Trinajstić information content (AvgIpc) is 3.18. The minimum atomic E-state index is -0.276. The maximum absolute atomic E-state index is 12.5. The van der Waals surface area contributed by atoms with Gasteiger partial charge >= 0.3 is 0 Å². The smallest absolute Gasteiger partial charge is 0.258 e. The number of benzene rings is 1. The third-order valence-electron chi connectivity index (χ3n) is 4.72. The molecular weight excluding hydrogens is 388 g/mol. The lowest BCUT2D eigenvalue weighted by Gasteiger charge is -2.10. The molecule has 2 aromatic heterocycles. The van der Waals surface area contributed by atoms with Crippen LogP contribution in [0.5, 0.6) is 11.5 Å². The number of nitrogens with one attached hydrogen (secondary N) is 1. The van der Waals surface area contributed by atoms with Gasteiger partial charge in [0, 0.05) is 17.1 Å². The number of ether oxygens (including phenoxy) is 2. The molecule has 1 aliphatic carbocycles. The number of rotatable bonds is 4. The summed E-state index contributed by atoms with van der Waals surface area (Å²) in [5, 5.41) is 4.54. The van der Waals surface area contributed by atoms with Gasteiger partial charge < -0.3 is 20.5 Å². The summed E-state index contributed by atoms with van der Waals surface area (Å²) in [6.07, 6.45) is 10.6. The number of aromatic nitrogens is 2. The predicted molar refractivity (Wildman–Crippen MR) is 117 cm³/mol. The number of thiophene rings is 1. The van der Waals surface area contributed by atoms with E-state index in [1.807, 2.05) is 0 Å². The van der Waals surface area contributed by atoms with E-state index in [0.29, 0.717) is 28.3 Å². The Balaban J connectivity index is 0.000000343. The molecule has 2 heterocycles. The maximum Gasteiger partial charge on any atom is 0.258 e. The summed E-state index contributed by atoms with van der Waals surface area (Å²) in [4.78, 5) is 20.5. The highest BCUT2D eigenvalue weighted by atomic mass is 32.1. The van der Waals surface area contributed by atoms with Crippen LogP contribution in [0.25, 0.3) is 10.2 Å². The molecule has 1 amide bonds. The lowest BCUT2D eigenvalue weighted by molar-refractivity contribution is 0.102. The lowest BCUT2D eigenvalue weighted by Crippen LogP contribution is -2.12. The first-order chi connectivity index (χ1) is 14.1. The molecule has 1 saturated carbocycles. The summed E-state index contributed by atoms with van der Waals surface area (Å²) >= 11 is 1.39. The largest absolute Gasteiger partial charge is 0.493 e. The van der Waals surface area contributed by atoms with Crippen LogP contribution in [-0.4, -0.2) is 30.1 Å². The molecule has 1 aromatic carbocycles. The summed E-state index contributed by atoms with van der Waals surface area (Å²) < 4.78 is 11.2. The number of nitrogens with two attached hydrogens (primary N) is 1. The molecule has 1 fully saturated rings. The third-order valence-corrected chi connectivity index (χ3v) is 5.62. The molecule has 4 rings (SSSR count). The van der Waals surface area contributed by atoms with Gasteiger partial charge in [-0.2, -0.15) is 0 Å². The molecule has 0 radical (unpaired) electrons. The Morgan fingerprint density at radius 3 is 2.34 bits per heavy atom. The fraction of sp³-hybridized carbons (Fsp3) is 0.381. The fourth-order valence-corrected chi connectivity index (χ4v) is 4.02. The van der Waals surface area contributed by atoms with E-state index in [9.17, 15) is 4.79 Å². The van der Waals surface area contributed by atoms with Crippen molar-refractivity contribution in [3.8, 4) is 11.5 Å². The number of methoxy groups -OCH3 is 2. The van der Waals surface area contributed by atoms with Crippen LogP contribution in [0, 0.1) is 0 Å². The van der Waals surface area contributed by atoms with Gasteiger partial charge in [-0.3, -0.25) is 4.79 Å². The Bertz CT molecular complexity index is 958. The Labute approximate surface area is 174 Å². The first-order valence-corrected chi connectivity index (χ1v) is 10.5. The molecule has 8 heteroatoms. The number of carbonyl (C=O) groups is 1. The Morgan fingerprint density at radius 2 is 1.72 bits per heavy atom. The van der Waals surface area contributed by atoms with Crippen molar-refractivity contribution >= 4 is 39.1 Å². The second-order valence-corrected chi connectivity index (χ2v) is 7.65. The number of anilines is 2. The van der Waals surface area contributed by atoms with Crippen LogP contribution in [0.1, 0.15) is 48.9 Å². The van der Waals surface area contributed by atoms with Crippen molar-refractivity contribution in [1.29, 1.82) is 0 Å². The van der Waals surface area contributed by atoms with Gasteiger partial charge in [0.25, 0.3) is 5.91 Å². The van der Waals surface area contributed by atoms with Gasteiger partial charge in [-0.05, 0) is 12.1 Å². The molecule has 29 heavy (non-hydrogen) atoms. The molecule has 0 spiro atoms. The second kappa shape index (κ2) is 10.1. The van der Waals surface area contributed by atoms with Gasteiger partial charge in [0.05, 0.1) is 36.2 Å². The standard InChI is InChI=1S/C15H14N4O3S.C6H12/c1-21-10-4-3-8(5-11(10)22-2)18-14(20)9-7-23-12-6-17-15(16)19-13(9)12;1-2-4-6-5-3-1/h3-7H,1-2H3,(H,18,20)(H2,16,17,19);1-6H2. The average molecular weight is 415 g/mol. The SMILES string of the molecule is C1CCCCC1.COc1ccc(NC(=O)c2csc3cnc(N)nc23)cc1OC. The van der Waals surface area contributed by atoms with E-state index in [-0.39, 0.29) is 11.9 Å². The molecule has 0 atom stereocenters. The van der Waals surface area contributed by atoms with Crippen LogP contribution in [0.3, 0.4) is 0 Å². The number of carbonyl (C=O) groups excluding carboxylic acids is 1. The highest BCUT2D eigenvalue weighted by Gasteiger charge is 2.15. The number of hydrogen-bond donors (Lipinski definition) is 2. The summed E-state index contributed by atoms with van der Waals surface area (Å²) in [5.41, 5.74) is 7.18. The van der Waals surface area contributed by atoms with E-state index in [1.165, 1.54) is 57.0 Å². The zero-order valence-corrected chi connectivity index (χ0v) is 17.6. The maximum atomic E-state index is 12.5. The van der Waals surface area contributed by atoms with Crippen molar-refractivity contribution in [2.45, 2.75) is 38.5 Å². The molecule has 0 saturated heterocycles. The Kier molecular flexibility index (Phi) is 7.24. The second-order valence-electron chi connectivity index (χ2n) is 6.74. The van der Waals surface area contributed by atoms with Crippen molar-refractivity contribution in [3.63, 3.8) is 0 Å². The summed E-state index contributed by atoms with van der Waals surface area (Å²) in [5.74, 6) is 0.983. The quantitative estimate of drug-likeness (QED) is 0.631. The van der Waals surface area contributed by atoms with Gasteiger partial charge in [0.15, 0.2) is 11.5 Å². The zero-order chi connectivity index (χ0) is 20.6. The topological polar surface area (TPSA) is 99.4 Å². The molecule has 0 unspecified atom stereocenters. The molecule has 0 aliphatic heterocycles. The number of amides is 1. The third kappa shape index (κ3) is 5.35. The molecule has 3 aromatic rings. The van der Waals surface area contributed by atoms with Crippen molar-refractivity contribution in [3.05, 3.63) is 35.3 Å². The zero-order valence-electron chi connectivity index (χ0n) is 16.7. The van der Waals surface area contributed by atoms with Crippen LogP contribution in [0.15, 0.2) is 29.8 Å². The number of hydrogen-bond acceptors (Lipinski definition) is 7. The van der Waals surface area contributed by atoms with Crippen LogP contribution >= 0.6 is 11.3 Å². The highest BCUT2D eigenvalue weighted by molar-refractivity contribution is 7.17. The van der Waals surface area contributed by atoms with Crippen LogP contribution in [0.2, 0.25) is 0 Å². The molecular formula is C21H26N4O3S. The van der Waals surface area contributed by atoms with E-state index >= 15 is 0 Å². The number of nitrogens with zero attached hydrogens (tertiary/aromatic N) is 2. The van der Waals surface area contributed by atoms with Crippen molar-refractivity contribution < 1.29 is 14.3 Å². The molecule has 0 bridgehead atoms. The van der Waals surface area contributed by atoms with Gasteiger partial charge in [0.1, 0.15) is 0 Å². The van der Waals surface area contributed by atoms with E-state index in [2.05, 4.69) is 15.3 Å². The monoisotopic (exact) mass is 414 g/mol. The van der Waals surface area contributed by atoms with E-state index in [0.717, 1.165) is 4.70 Å². The van der Waals surface area contributed by atoms with Crippen LogP contribution < -0.4 is 20.5 Å². The number of fused-ring (bicyclic) bond motifs is 1. The Morgan fingerprint density at radius 1 is 1.07 bits per heavy atom. The van der Waals surface area contributed by atoms with Gasteiger partial charge in [-0.25, -0.2) is 9.97 Å². The molecule has 3 N–H and O–H groups in total. The first kappa shape index (κ1) is 20.9. The summed E-state index contributed by atoms with van der Waals surface area (Å²) in [6.45, 7) is 0. The van der Waals surface area contributed by atoms with E-state index in [4.69, 9.17) is 15.2 Å². The highest BCUT2D eigenvalue weighted by Crippen LogP contribution is 2.30. The lowest BCUT2D eigenvalue weighted by atomic mass is 10.0. The van der Waals surface area contributed by atoms with E-state index in [1.54, 1.807) is 36.9 Å². The Hall–Kier alpha value is -2.87. The number of nitrogen functional groups attached to an aromatic ring is 1. The molecule has 1 aliphatic rings. The first-order valence-electron chi connectivity index (χ1n) is 9.65. The normalized spacial score (nSPS) is 13.3. The summed E-state index contributed by atoms with van der Waals surface area (Å²) in [7, 11) is 3.09. The van der Waals surface area contributed by atoms with Crippen LogP contribution in [0.4, 0.5) is 11.6 Å². The fourth-order valence-electron chi connectivity index (χ4n) is 3.18. The minimum Gasteiger partial charge on any atom is -0.493 e. The van der Waals surface area contributed by atoms with E-state index < -0.39 is 0 Å².